The van der Waals surface area contributed by atoms with Crippen molar-refractivity contribution < 1.29 is 29.3 Å². The van der Waals surface area contributed by atoms with Crippen molar-refractivity contribution >= 4 is 28.8 Å². The largest absolute Gasteiger partial charge is 0.478 e. The number of ether oxygens (including phenoxy) is 1. The smallest absolute Gasteiger partial charge is 0.328 e. The summed E-state index contributed by atoms with van der Waals surface area (Å²) >= 11 is 0. The van der Waals surface area contributed by atoms with Crippen LogP contribution in [0.15, 0.2) is 42.6 Å². The number of carbonyl (C=O) groups is 3. The second-order valence-corrected chi connectivity index (χ2v) is 5.27. The van der Waals surface area contributed by atoms with Crippen LogP contribution in [0.25, 0.3) is 10.9 Å². The molecule has 0 aliphatic carbocycles. The van der Waals surface area contributed by atoms with Crippen LogP contribution in [0.4, 0.5) is 0 Å². The van der Waals surface area contributed by atoms with Gasteiger partial charge in [0.1, 0.15) is 5.75 Å². The van der Waals surface area contributed by atoms with Gasteiger partial charge in [-0.15, -0.1) is 0 Å². The number of aromatic nitrogens is 1. The number of esters is 1. The molecule has 0 radical (unpaired) electrons. The topological polar surface area (TPSA) is 132 Å². The molecule has 1 heterocycles. The van der Waals surface area contributed by atoms with Gasteiger partial charge in [0.05, 0.1) is 5.52 Å². The van der Waals surface area contributed by atoms with Gasteiger partial charge in [0.25, 0.3) is 0 Å². The van der Waals surface area contributed by atoms with Crippen molar-refractivity contribution in [1.29, 1.82) is 0 Å². The van der Waals surface area contributed by atoms with Crippen LogP contribution in [0.5, 0.6) is 5.75 Å². The fourth-order valence-electron chi connectivity index (χ4n) is 2.01. The fourth-order valence-corrected chi connectivity index (χ4v) is 2.01. The number of hydrogen-bond donors (Lipinski definition) is 3. The first-order chi connectivity index (χ1) is 11.7. The average Bonchev–Trinajstić information content (AvgIpc) is 2.87. The lowest BCUT2D eigenvalue weighted by atomic mass is 10.2. The minimum atomic E-state index is -1.26. The van der Waals surface area contributed by atoms with Crippen LogP contribution in [0.2, 0.25) is 0 Å². The van der Waals surface area contributed by atoms with Gasteiger partial charge in [-0.2, -0.15) is 0 Å². The van der Waals surface area contributed by atoms with Crippen LogP contribution in [-0.2, 0) is 20.9 Å². The fraction of sp³-hybridized carbons (Fsp3) is 0.235. The molecule has 0 spiro atoms. The van der Waals surface area contributed by atoms with Crippen molar-refractivity contribution in [2.45, 2.75) is 26.4 Å². The number of nitrogens with zero attached hydrogens (tertiary/aromatic N) is 1. The van der Waals surface area contributed by atoms with Crippen molar-refractivity contribution in [2.24, 2.45) is 5.73 Å². The summed E-state index contributed by atoms with van der Waals surface area (Å²) < 4.78 is 7.13. The van der Waals surface area contributed by atoms with E-state index in [9.17, 15) is 14.4 Å². The second kappa shape index (κ2) is 9.24. The molecule has 1 unspecified atom stereocenters. The Morgan fingerprint density at radius 3 is 2.28 bits per heavy atom. The highest BCUT2D eigenvalue weighted by molar-refractivity contribution is 5.89. The van der Waals surface area contributed by atoms with E-state index in [2.05, 4.69) is 4.57 Å². The average molecular weight is 348 g/mol. The number of hydrogen-bond acceptors (Lipinski definition) is 5. The van der Waals surface area contributed by atoms with E-state index in [4.69, 9.17) is 20.7 Å². The minimum Gasteiger partial charge on any atom is -0.478 e. The molecular formula is C17H20N2O6. The number of carboxylic acids is 2. The van der Waals surface area contributed by atoms with Crippen LogP contribution < -0.4 is 10.5 Å². The molecule has 1 aromatic heterocycles. The number of rotatable bonds is 5. The molecule has 8 nitrogen and oxygen atoms in total. The molecule has 25 heavy (non-hydrogen) atoms. The Hall–Kier alpha value is -3.13. The van der Waals surface area contributed by atoms with E-state index in [1.165, 1.54) is 6.92 Å². The first-order valence-corrected chi connectivity index (χ1v) is 7.36. The molecule has 0 aliphatic heterocycles. The van der Waals surface area contributed by atoms with E-state index in [0.717, 1.165) is 17.4 Å². The van der Waals surface area contributed by atoms with Crippen LogP contribution in [0.1, 0.15) is 13.8 Å². The van der Waals surface area contributed by atoms with E-state index >= 15 is 0 Å². The lowest BCUT2D eigenvalue weighted by Crippen LogP contribution is -2.21. The molecule has 134 valence electrons. The zero-order valence-electron chi connectivity index (χ0n) is 13.9. The minimum absolute atomic E-state index is 0.0861. The first-order valence-electron chi connectivity index (χ1n) is 7.36. The summed E-state index contributed by atoms with van der Waals surface area (Å²) in [7, 11) is 0. The van der Waals surface area contributed by atoms with Crippen LogP contribution >= 0.6 is 0 Å². The Bertz CT molecular complexity index is 776. The third kappa shape index (κ3) is 7.32. The van der Waals surface area contributed by atoms with E-state index in [1.807, 2.05) is 31.3 Å². The van der Waals surface area contributed by atoms with Gasteiger partial charge < -0.3 is 25.3 Å². The molecule has 0 amide bonds. The summed E-state index contributed by atoms with van der Waals surface area (Å²) in [5, 5.41) is 16.7. The Kier molecular flexibility index (Phi) is 7.36. The van der Waals surface area contributed by atoms with E-state index in [-0.39, 0.29) is 12.0 Å². The summed E-state index contributed by atoms with van der Waals surface area (Å²) in [6.45, 7) is 4.10. The molecule has 4 N–H and O–H groups in total. The number of carboxylic acid groups (broad SMARTS) is 2. The predicted molar refractivity (Wildman–Crippen MR) is 91.3 cm³/mol. The Labute approximate surface area is 144 Å². The second-order valence-electron chi connectivity index (χ2n) is 5.27. The molecule has 2 rings (SSSR count). The third-order valence-electron chi connectivity index (χ3n) is 2.86. The van der Waals surface area contributed by atoms with Crippen molar-refractivity contribution in [3.05, 3.63) is 42.6 Å². The van der Waals surface area contributed by atoms with E-state index in [1.54, 1.807) is 6.07 Å². The molecule has 0 saturated heterocycles. The van der Waals surface area contributed by atoms with Gasteiger partial charge >= 0.3 is 17.9 Å². The third-order valence-corrected chi connectivity index (χ3v) is 2.86. The van der Waals surface area contributed by atoms with Crippen molar-refractivity contribution in [3.63, 3.8) is 0 Å². The van der Waals surface area contributed by atoms with Crippen LogP contribution in [0, 0.1) is 0 Å². The van der Waals surface area contributed by atoms with Gasteiger partial charge in [0.2, 0.25) is 0 Å². The highest BCUT2D eigenvalue weighted by Gasteiger charge is 2.05. The van der Waals surface area contributed by atoms with E-state index in [0.29, 0.717) is 17.9 Å². The highest BCUT2D eigenvalue weighted by Crippen LogP contribution is 2.22. The van der Waals surface area contributed by atoms with Crippen molar-refractivity contribution in [3.8, 4) is 5.75 Å². The monoisotopic (exact) mass is 348 g/mol. The molecule has 2 aromatic rings. The molecule has 0 saturated carbocycles. The molecule has 0 fully saturated rings. The maximum atomic E-state index is 10.9. The summed E-state index contributed by atoms with van der Waals surface area (Å²) in [6.07, 6.45) is 3.11. The molecule has 8 heteroatoms. The molecule has 0 bridgehead atoms. The molecule has 0 aliphatic rings. The van der Waals surface area contributed by atoms with Gasteiger partial charge in [-0.25, -0.2) is 9.59 Å². The summed E-state index contributed by atoms with van der Waals surface area (Å²) in [6, 6.07) is 7.70. The lowest BCUT2D eigenvalue weighted by molar-refractivity contribution is -0.134. The summed E-state index contributed by atoms with van der Waals surface area (Å²) in [4.78, 5) is 30.0. The normalized spacial score (nSPS) is 11.6. The zero-order chi connectivity index (χ0) is 19.0. The number of carbonyl (C=O) groups excluding carboxylic acids is 1. The number of aliphatic carboxylic acids is 2. The van der Waals surface area contributed by atoms with Crippen molar-refractivity contribution in [2.75, 3.05) is 0 Å². The highest BCUT2D eigenvalue weighted by atomic mass is 16.5. The number of benzene rings is 1. The van der Waals surface area contributed by atoms with Crippen molar-refractivity contribution in [1.82, 2.24) is 4.57 Å². The lowest BCUT2D eigenvalue weighted by Gasteiger charge is -2.09. The van der Waals surface area contributed by atoms with Gasteiger partial charge in [0.15, 0.2) is 0 Å². The summed E-state index contributed by atoms with van der Waals surface area (Å²) in [5.74, 6) is -2.26. The van der Waals surface area contributed by atoms with Gasteiger partial charge in [-0.05, 0) is 30.5 Å². The maximum absolute atomic E-state index is 10.9. The molecule has 1 aromatic carbocycles. The predicted octanol–water partition coefficient (Wildman–Crippen LogP) is 1.63. The van der Waals surface area contributed by atoms with Gasteiger partial charge in [-0.3, -0.25) is 4.79 Å². The number of nitrogens with two attached hydrogens (primary N) is 1. The SMILES string of the molecule is CC(=O)Oc1ccc2ccn(CC(C)N)c2c1.O=C(O)C=CC(=O)O. The van der Waals surface area contributed by atoms with Crippen LogP contribution in [-0.4, -0.2) is 38.7 Å². The van der Waals surface area contributed by atoms with E-state index < -0.39 is 11.9 Å². The van der Waals surface area contributed by atoms with Crippen LogP contribution in [0.3, 0.4) is 0 Å². The molecular weight excluding hydrogens is 328 g/mol. The standard InChI is InChI=1S/C13H16N2O2.C4H4O4/c1-9(14)8-15-6-5-11-3-4-12(7-13(11)15)17-10(2)16;5-3(6)1-2-4(7)8/h3-7,9H,8,14H2,1-2H3;1-2H,(H,5,6)(H,7,8). The van der Waals surface area contributed by atoms with Gasteiger partial charge in [0, 0.05) is 43.9 Å². The Morgan fingerprint density at radius 2 is 1.80 bits per heavy atom. The number of fused-ring (bicyclic) bond motifs is 1. The molecule has 1 atom stereocenters. The maximum Gasteiger partial charge on any atom is 0.328 e. The Morgan fingerprint density at radius 1 is 1.20 bits per heavy atom. The zero-order valence-corrected chi connectivity index (χ0v) is 13.9. The quantitative estimate of drug-likeness (QED) is 0.425. The first kappa shape index (κ1) is 19.9. The summed E-state index contributed by atoms with van der Waals surface area (Å²) in [5.41, 5.74) is 6.82. The van der Waals surface area contributed by atoms with Gasteiger partial charge in [-0.1, -0.05) is 0 Å². The Balaban J connectivity index is 0.000000333.